The van der Waals surface area contributed by atoms with Crippen LogP contribution >= 0.6 is 11.3 Å². The second kappa shape index (κ2) is 11.3. The van der Waals surface area contributed by atoms with Crippen LogP contribution in [0, 0.1) is 6.92 Å². The van der Waals surface area contributed by atoms with Crippen molar-refractivity contribution in [2.75, 3.05) is 44.4 Å². The highest BCUT2D eigenvalue weighted by Gasteiger charge is 2.16. The summed E-state index contributed by atoms with van der Waals surface area (Å²) in [7, 11) is 0. The third-order valence-electron chi connectivity index (χ3n) is 4.63. The molecule has 0 spiro atoms. The van der Waals surface area contributed by atoms with Crippen LogP contribution in [0.3, 0.4) is 0 Å². The van der Waals surface area contributed by atoms with Gasteiger partial charge in [0.25, 0.3) is 0 Å². The maximum Gasteiger partial charge on any atom is 0.320 e. The van der Waals surface area contributed by atoms with E-state index in [0.29, 0.717) is 13.2 Å². The number of anilines is 1. The third-order valence-corrected chi connectivity index (χ3v) is 5.71. The molecule has 0 radical (unpaired) electrons. The van der Waals surface area contributed by atoms with Gasteiger partial charge in [0.05, 0.1) is 38.2 Å². The first-order valence-electron chi connectivity index (χ1n) is 10.4. The van der Waals surface area contributed by atoms with Crippen LogP contribution in [-0.2, 0) is 27.2 Å². The minimum Gasteiger partial charge on any atom is -0.493 e. The van der Waals surface area contributed by atoms with Crippen molar-refractivity contribution in [3.8, 4) is 5.75 Å². The van der Waals surface area contributed by atoms with Gasteiger partial charge in [-0.2, -0.15) is 0 Å². The number of rotatable bonds is 10. The van der Waals surface area contributed by atoms with Gasteiger partial charge in [-0.3, -0.25) is 4.79 Å². The van der Waals surface area contributed by atoms with Crippen LogP contribution in [0.2, 0.25) is 0 Å². The molecule has 1 N–H and O–H groups in total. The average molecular weight is 434 g/mol. The number of esters is 1. The maximum absolute atomic E-state index is 11.6. The second-order valence-electron chi connectivity index (χ2n) is 7.49. The van der Waals surface area contributed by atoms with Crippen molar-refractivity contribution >= 4 is 22.4 Å². The van der Waals surface area contributed by atoms with Gasteiger partial charge < -0.3 is 24.4 Å². The van der Waals surface area contributed by atoms with Gasteiger partial charge >= 0.3 is 5.97 Å². The predicted octanol–water partition coefficient (Wildman–Crippen LogP) is 2.95. The summed E-state index contributed by atoms with van der Waals surface area (Å²) in [5.41, 5.74) is 2.16. The Morgan fingerprint density at radius 1 is 1.33 bits per heavy atom. The molecule has 1 aromatic carbocycles. The first kappa shape index (κ1) is 22.5. The molecule has 0 amide bonds. The Balaban J connectivity index is 1.44. The van der Waals surface area contributed by atoms with Crippen molar-refractivity contribution in [1.29, 1.82) is 0 Å². The molecule has 1 aliphatic rings. The van der Waals surface area contributed by atoms with E-state index in [4.69, 9.17) is 19.2 Å². The number of carbonyl (C=O) groups is 1. The number of thiazole rings is 1. The fourth-order valence-corrected chi connectivity index (χ4v) is 4.17. The Bertz CT molecular complexity index is 818. The van der Waals surface area contributed by atoms with Crippen LogP contribution in [0.4, 0.5) is 5.13 Å². The van der Waals surface area contributed by atoms with E-state index in [1.807, 2.05) is 38.1 Å². The number of hydrogen-bond donors (Lipinski definition) is 1. The van der Waals surface area contributed by atoms with E-state index in [9.17, 15) is 4.79 Å². The summed E-state index contributed by atoms with van der Waals surface area (Å²) in [5, 5.41) is 4.18. The first-order valence-corrected chi connectivity index (χ1v) is 11.2. The van der Waals surface area contributed by atoms with Crippen molar-refractivity contribution in [3.63, 3.8) is 0 Å². The van der Waals surface area contributed by atoms with E-state index in [2.05, 4.69) is 17.1 Å². The molecule has 2 heterocycles. The highest BCUT2D eigenvalue weighted by molar-refractivity contribution is 7.15. The van der Waals surface area contributed by atoms with Crippen LogP contribution in [0.1, 0.15) is 30.0 Å². The van der Waals surface area contributed by atoms with Gasteiger partial charge in [-0.25, -0.2) is 4.98 Å². The number of carbonyl (C=O) groups excluding carboxylic acids is 1. The molecule has 8 heteroatoms. The second-order valence-corrected chi connectivity index (χ2v) is 8.67. The average Bonchev–Trinajstić information content (AvgIpc) is 3.09. The van der Waals surface area contributed by atoms with Gasteiger partial charge in [0.2, 0.25) is 0 Å². The molecular weight excluding hydrogens is 402 g/mol. The summed E-state index contributed by atoms with van der Waals surface area (Å²) in [6.07, 6.45) is 0.679. The van der Waals surface area contributed by atoms with Gasteiger partial charge in [-0.15, -0.1) is 11.3 Å². The van der Waals surface area contributed by atoms with E-state index >= 15 is 0 Å². The Labute approximate surface area is 182 Å². The molecule has 2 aromatic rings. The Morgan fingerprint density at radius 2 is 2.13 bits per heavy atom. The fourth-order valence-electron chi connectivity index (χ4n) is 3.16. The number of aryl methyl sites for hydroxylation is 1. The lowest BCUT2D eigenvalue weighted by molar-refractivity contribution is -0.146. The number of nitrogens with zero attached hydrogens (tertiary/aromatic N) is 2. The summed E-state index contributed by atoms with van der Waals surface area (Å²) < 4.78 is 16.5. The molecule has 164 valence electrons. The van der Waals surface area contributed by atoms with E-state index in [0.717, 1.165) is 54.9 Å². The zero-order chi connectivity index (χ0) is 21.3. The van der Waals surface area contributed by atoms with Crippen LogP contribution in [0.15, 0.2) is 24.3 Å². The normalized spacial score (nSPS) is 14.2. The van der Waals surface area contributed by atoms with Crippen LogP contribution in [-0.4, -0.2) is 56.5 Å². The monoisotopic (exact) mass is 433 g/mol. The molecule has 7 nitrogen and oxygen atoms in total. The topological polar surface area (TPSA) is 72.9 Å². The molecule has 0 bridgehead atoms. The van der Waals surface area contributed by atoms with Crippen molar-refractivity contribution in [3.05, 3.63) is 40.4 Å². The van der Waals surface area contributed by atoms with Gasteiger partial charge in [0.15, 0.2) is 5.13 Å². The number of aromatic nitrogens is 1. The molecule has 30 heavy (non-hydrogen) atoms. The Hall–Kier alpha value is -2.16. The molecule has 0 unspecified atom stereocenters. The molecule has 0 aliphatic carbocycles. The highest BCUT2D eigenvalue weighted by atomic mass is 32.1. The lowest BCUT2D eigenvalue weighted by Gasteiger charge is -2.26. The molecule has 3 rings (SSSR count). The summed E-state index contributed by atoms with van der Waals surface area (Å²) in [5.74, 6) is 0.577. The summed E-state index contributed by atoms with van der Waals surface area (Å²) in [6, 6.07) is 7.91. The number of hydrogen-bond acceptors (Lipinski definition) is 8. The van der Waals surface area contributed by atoms with Crippen molar-refractivity contribution < 1.29 is 19.0 Å². The quantitative estimate of drug-likeness (QED) is 0.578. The fraction of sp³-hybridized carbons (Fsp3) is 0.545. The summed E-state index contributed by atoms with van der Waals surface area (Å²) in [4.78, 5) is 19.9. The number of morpholine rings is 1. The van der Waals surface area contributed by atoms with E-state index in [-0.39, 0.29) is 18.6 Å². The van der Waals surface area contributed by atoms with E-state index in [1.54, 1.807) is 11.3 Å². The third kappa shape index (κ3) is 6.97. The first-order chi connectivity index (χ1) is 14.5. The Morgan fingerprint density at radius 3 is 2.90 bits per heavy atom. The van der Waals surface area contributed by atoms with Crippen LogP contribution < -0.4 is 15.0 Å². The lowest BCUT2D eigenvalue weighted by Crippen LogP contribution is -2.36. The minimum absolute atomic E-state index is 0.0951. The molecule has 1 saturated heterocycles. The molecule has 1 aliphatic heterocycles. The zero-order valence-electron chi connectivity index (χ0n) is 18.0. The maximum atomic E-state index is 11.6. The molecule has 1 fully saturated rings. The summed E-state index contributed by atoms with van der Waals surface area (Å²) >= 11 is 1.74. The van der Waals surface area contributed by atoms with Crippen LogP contribution in [0.5, 0.6) is 5.75 Å². The van der Waals surface area contributed by atoms with Crippen molar-refractivity contribution in [2.45, 2.75) is 39.8 Å². The number of ether oxygens (including phenoxy) is 3. The molecule has 0 atom stereocenters. The van der Waals surface area contributed by atoms with Gasteiger partial charge in [-0.1, -0.05) is 12.1 Å². The number of nitrogens with one attached hydrogen (secondary N) is 1. The van der Waals surface area contributed by atoms with Crippen molar-refractivity contribution in [1.82, 2.24) is 10.3 Å². The molecular formula is C22H31N3O4S. The van der Waals surface area contributed by atoms with E-state index < -0.39 is 0 Å². The zero-order valence-corrected chi connectivity index (χ0v) is 18.8. The number of benzene rings is 1. The standard InChI is InChI=1S/C22H31N3O4S/c1-16(2)29-21(26)15-23-14-18-5-4-6-19(13-18)28-10-7-20-17(3)30-22(24-20)25-8-11-27-12-9-25/h4-6,13,16,23H,7-12,14-15H2,1-3H3. The largest absolute Gasteiger partial charge is 0.493 e. The van der Waals surface area contributed by atoms with Gasteiger partial charge in [0.1, 0.15) is 5.75 Å². The smallest absolute Gasteiger partial charge is 0.320 e. The minimum atomic E-state index is -0.243. The van der Waals surface area contributed by atoms with Crippen molar-refractivity contribution in [2.24, 2.45) is 0 Å². The van der Waals surface area contributed by atoms with Gasteiger partial charge in [-0.05, 0) is 38.5 Å². The molecule has 1 aromatic heterocycles. The summed E-state index contributed by atoms with van der Waals surface area (Å²) in [6.45, 7) is 10.5. The van der Waals surface area contributed by atoms with Crippen LogP contribution in [0.25, 0.3) is 0 Å². The highest BCUT2D eigenvalue weighted by Crippen LogP contribution is 2.26. The predicted molar refractivity (Wildman–Crippen MR) is 118 cm³/mol. The SMILES string of the molecule is Cc1sc(N2CCOCC2)nc1CCOc1cccc(CNCC(=O)OC(C)C)c1. The van der Waals surface area contributed by atoms with E-state index in [1.165, 1.54) is 4.88 Å². The van der Waals surface area contributed by atoms with Gasteiger partial charge in [0, 0.05) is 30.9 Å². The lowest BCUT2D eigenvalue weighted by atomic mass is 10.2. The molecule has 0 saturated carbocycles. The Kier molecular flexibility index (Phi) is 8.48.